The summed E-state index contributed by atoms with van der Waals surface area (Å²) in [6.07, 6.45) is 43.8. The van der Waals surface area contributed by atoms with E-state index in [1.807, 2.05) is 105 Å². The van der Waals surface area contributed by atoms with Crippen LogP contribution in [0, 0.1) is 0 Å². The summed E-state index contributed by atoms with van der Waals surface area (Å²) in [5.74, 6) is 2.12. The molecule has 0 bridgehead atoms. The van der Waals surface area contributed by atoms with Gasteiger partial charge in [-0.1, -0.05) is 133 Å². The highest BCUT2D eigenvalue weighted by atomic mass is 15.2. The van der Waals surface area contributed by atoms with Crippen LogP contribution in [0.1, 0.15) is 167 Å². The molecule has 0 fully saturated rings. The molecule has 0 atom stereocenters. The van der Waals surface area contributed by atoms with Gasteiger partial charge in [0.15, 0.2) is 0 Å². The van der Waals surface area contributed by atoms with E-state index in [-0.39, 0.29) is 0 Å². The molecule has 5 aliphatic carbocycles. The van der Waals surface area contributed by atoms with Crippen LogP contribution in [0.5, 0.6) is 0 Å². The predicted molar refractivity (Wildman–Crippen MR) is 553 cm³/mol. The second-order valence-electron chi connectivity index (χ2n) is 39.7. The summed E-state index contributed by atoms with van der Waals surface area (Å²) in [5.41, 5.74) is 70.7. The fourth-order valence-electron chi connectivity index (χ4n) is 25.9. The molecule has 0 saturated carbocycles. The molecular weight excluding hydrogens is 1710 g/mol. The molecular formula is C125H85N15. The fraction of sp³-hybridized carbons (Fsp3) is 0.120. The summed E-state index contributed by atoms with van der Waals surface area (Å²) in [4.78, 5) is 58.2. The molecule has 20 heterocycles. The quantitative estimate of drug-likeness (QED) is 0.142. The highest BCUT2D eigenvalue weighted by molar-refractivity contribution is 5.98. The van der Waals surface area contributed by atoms with Gasteiger partial charge in [-0.05, 0) is 342 Å². The molecule has 10 aliphatic heterocycles. The molecule has 15 nitrogen and oxygen atoms in total. The fourth-order valence-corrected chi connectivity index (χ4v) is 25.9. The Morgan fingerprint density at radius 2 is 0.393 bits per heavy atom. The molecule has 10 aromatic heterocycles. The largest absolute Gasteiger partial charge is 0.308 e. The molecule has 0 saturated heterocycles. The Bertz CT molecular complexity index is 7710. The molecule has 35 rings (SSSR count). The molecule has 660 valence electrons. The van der Waals surface area contributed by atoms with Gasteiger partial charge in [0, 0.05) is 144 Å². The van der Waals surface area contributed by atoms with E-state index >= 15 is 0 Å². The van der Waals surface area contributed by atoms with Crippen LogP contribution in [0.15, 0.2) is 336 Å². The van der Waals surface area contributed by atoms with Crippen LogP contribution in [0.25, 0.3) is 55.6 Å². The van der Waals surface area contributed by atoms with E-state index in [0.717, 1.165) is 114 Å². The Morgan fingerprint density at radius 3 is 0.771 bits per heavy atom. The van der Waals surface area contributed by atoms with E-state index in [4.69, 9.17) is 24.9 Å². The molecule has 0 N–H and O–H groups in total. The van der Waals surface area contributed by atoms with E-state index in [1.54, 1.807) is 0 Å². The Labute approximate surface area is 809 Å². The first-order valence-electron chi connectivity index (χ1n) is 49.0. The molecule has 0 spiro atoms. The third-order valence-electron chi connectivity index (χ3n) is 32.0. The number of hydrogen-bond acceptors (Lipinski definition) is 15. The summed E-state index contributed by atoms with van der Waals surface area (Å²) < 4.78 is 0. The van der Waals surface area contributed by atoms with Gasteiger partial charge in [0.2, 0.25) is 0 Å². The van der Waals surface area contributed by atoms with Crippen molar-refractivity contribution < 1.29 is 0 Å². The van der Waals surface area contributed by atoms with Crippen molar-refractivity contribution in [3.63, 3.8) is 0 Å². The van der Waals surface area contributed by atoms with Crippen molar-refractivity contribution in [2.75, 3.05) is 24.5 Å². The monoisotopic (exact) mass is 1800 g/mol. The van der Waals surface area contributed by atoms with Crippen LogP contribution < -0.4 is 24.5 Å². The van der Waals surface area contributed by atoms with Crippen molar-refractivity contribution in [2.24, 2.45) is 0 Å². The predicted octanol–water partition coefficient (Wildman–Crippen LogP) is 26.6. The van der Waals surface area contributed by atoms with Crippen LogP contribution >= 0.6 is 0 Å². The topological polar surface area (TPSA) is 145 Å². The van der Waals surface area contributed by atoms with E-state index in [1.165, 1.54) is 291 Å². The summed E-state index contributed by atoms with van der Waals surface area (Å²) in [6.45, 7) is 0. The summed E-state index contributed by atoms with van der Waals surface area (Å²) in [7, 11) is 0. The third-order valence-corrected chi connectivity index (χ3v) is 32.0. The average Bonchev–Trinajstić information content (AvgIpc) is 1.19. The normalized spacial score (nSPS) is 14.6. The van der Waals surface area contributed by atoms with Crippen molar-refractivity contribution in [2.45, 2.75) is 96.3 Å². The van der Waals surface area contributed by atoms with Gasteiger partial charge in [-0.2, -0.15) is 0 Å². The summed E-state index contributed by atoms with van der Waals surface area (Å²) in [5, 5.41) is 0. The Kier molecular flexibility index (Phi) is 16.8. The first-order chi connectivity index (χ1) is 69.3. The van der Waals surface area contributed by atoms with Crippen molar-refractivity contribution in [3.8, 4) is 55.6 Å². The number of hydrogen-bond donors (Lipinski definition) is 0. The zero-order chi connectivity index (χ0) is 91.2. The van der Waals surface area contributed by atoms with Gasteiger partial charge in [0.1, 0.15) is 11.6 Å². The molecule has 0 radical (unpaired) electrons. The maximum absolute atomic E-state index is 4.78. The van der Waals surface area contributed by atoms with Crippen molar-refractivity contribution >= 4 is 85.6 Å². The number of anilines is 15. The first kappa shape index (κ1) is 77.9. The van der Waals surface area contributed by atoms with E-state index in [0.29, 0.717) is 0 Å². The highest BCUT2D eigenvalue weighted by Gasteiger charge is 2.42. The Balaban J connectivity index is 0.0000000806. The van der Waals surface area contributed by atoms with E-state index in [9.17, 15) is 0 Å². The van der Waals surface area contributed by atoms with Gasteiger partial charge >= 0.3 is 0 Å². The van der Waals surface area contributed by atoms with Crippen molar-refractivity contribution in [1.82, 2.24) is 49.8 Å². The van der Waals surface area contributed by atoms with Gasteiger partial charge in [-0.3, -0.25) is 49.7 Å². The maximum Gasteiger partial charge on any atom is 0.141 e. The van der Waals surface area contributed by atoms with E-state index in [2.05, 4.69) is 280 Å². The van der Waals surface area contributed by atoms with Gasteiger partial charge < -0.3 is 14.7 Å². The number of pyridine rings is 10. The first-order valence-corrected chi connectivity index (χ1v) is 49.0. The van der Waals surface area contributed by atoms with E-state index < -0.39 is 0 Å². The Morgan fingerprint density at radius 1 is 0.143 bits per heavy atom. The van der Waals surface area contributed by atoms with Gasteiger partial charge in [0.25, 0.3) is 0 Å². The lowest BCUT2D eigenvalue weighted by Gasteiger charge is -2.39. The van der Waals surface area contributed by atoms with Crippen LogP contribution in [0.2, 0.25) is 0 Å². The highest BCUT2D eigenvalue weighted by Crippen LogP contribution is 2.60. The number of rotatable bonds is 0. The maximum atomic E-state index is 4.78. The lowest BCUT2D eigenvalue weighted by atomic mass is 9.87. The minimum absolute atomic E-state index is 0.856. The molecule has 15 heteroatoms. The smallest absolute Gasteiger partial charge is 0.141 e. The van der Waals surface area contributed by atoms with Crippen molar-refractivity contribution in [1.29, 1.82) is 0 Å². The lowest BCUT2D eigenvalue weighted by molar-refractivity contribution is 0.938. The Hall–Kier alpha value is -17.3. The second-order valence-corrected chi connectivity index (χ2v) is 39.7. The minimum Gasteiger partial charge on any atom is -0.308 e. The summed E-state index contributed by atoms with van der Waals surface area (Å²) in [6, 6.07) is 89.4. The molecule has 0 amide bonds. The summed E-state index contributed by atoms with van der Waals surface area (Å²) >= 11 is 0. The number of fused-ring (bicyclic) bond motifs is 35. The third kappa shape index (κ3) is 11.8. The number of aromatic nitrogens is 10. The average molecular weight is 1800 g/mol. The molecule has 20 aromatic rings. The van der Waals surface area contributed by atoms with Crippen LogP contribution in [0.4, 0.5) is 85.6 Å². The molecule has 0 unspecified atom stereocenters. The number of benzene rings is 10. The lowest BCUT2D eigenvalue weighted by Crippen LogP contribution is -2.26. The minimum atomic E-state index is 0.856. The van der Waals surface area contributed by atoms with Gasteiger partial charge in [0.05, 0.1) is 110 Å². The molecule has 15 aliphatic rings. The zero-order valence-corrected chi connectivity index (χ0v) is 76.6. The number of nitrogens with zero attached hydrogens (tertiary/aromatic N) is 15. The molecule has 140 heavy (non-hydrogen) atoms. The van der Waals surface area contributed by atoms with Crippen LogP contribution in [-0.2, 0) is 96.3 Å². The van der Waals surface area contributed by atoms with Gasteiger partial charge in [-0.25, -0.2) is 9.97 Å². The van der Waals surface area contributed by atoms with Crippen molar-refractivity contribution in [3.05, 3.63) is 503 Å². The SMILES string of the molecule is c1ccc2c(c1)Cc1cc3c(cc1-2)Cc1ccnc2c1N3c1cnccc1C2.c1ccc2c(c1)Cc1cc3c(cc1-2)Cc1ccnc2c1N3c1ncccc1C2.c1ccc2c(c1)Cc1cc3c(cc1-2)Cc1cncc2c1N3c1cnccc1C2.c1ccc2c(c1)Cc1cc3c(cc1-2)Cc1cncc2c1N3c1ncccc1C2.c1ccc2c(c1)Cc1cc3c(cc1-2)Cc1nccc2c1N3c1cnccc1C2. The second kappa shape index (κ2) is 30.1. The van der Waals surface area contributed by atoms with Crippen LogP contribution in [-0.4, -0.2) is 49.8 Å². The standard InChI is InChI=1S/5C25H17N3/c1-2-6-20-15(4-1)10-18-14-23-19(12-21(18)20)11-16-7-9-26-22-13-17-5-3-8-27-25(17)28(23)24(16)22;1-2-6-21-15(4-1)8-17-12-23-18(11-22(17)21)10-20-14-26-13-19-9-16-5-3-7-27-25(16)28(23)24(19)20;1-2-4-20-15(3-1)9-18-13-23-19(11-21(18)20)10-17-6-8-27-22-12-16-5-7-26-14-24(16)28(23)25(17)22;1-2-4-20-15(3-1)9-18-13-23-19(11-21(18)20)12-22-25-17(6-8-27-22)10-16-5-7-26-14-24(16)28(23)25;1-2-4-21-15(3-1)7-17-11-23-18(10-22(17)21)9-20-13-27-12-19-8-16-5-6-26-14-24(16)28(23)25(19)20/h1-9,12,14H,10-11,13H2;1-7,11-14H,8-10H2;2*1-8,11,13-14H,9-10,12H2;1-6,10-14H,7-9H2. The van der Waals surface area contributed by atoms with Crippen LogP contribution in [0.3, 0.4) is 0 Å². The zero-order valence-electron chi connectivity index (χ0n) is 76.6. The molecule has 10 aromatic carbocycles. The van der Waals surface area contributed by atoms with Gasteiger partial charge in [-0.15, -0.1) is 0 Å².